The molecule has 0 aliphatic carbocycles. The Kier molecular flexibility index (Phi) is 4.53. The normalized spacial score (nSPS) is 12.4. The number of nitrogens with zero attached hydrogens (tertiary/aromatic N) is 4. The third-order valence-corrected chi connectivity index (χ3v) is 5.83. The fourth-order valence-electron chi connectivity index (χ4n) is 3.00. The van der Waals surface area contributed by atoms with Gasteiger partial charge in [0, 0.05) is 11.6 Å². The molecule has 0 atom stereocenters. The van der Waals surface area contributed by atoms with Crippen LogP contribution in [0.3, 0.4) is 0 Å². The number of benzene rings is 1. The zero-order valence-corrected chi connectivity index (χ0v) is 16.5. The second-order valence-electron chi connectivity index (χ2n) is 6.61. The molecule has 3 heterocycles. The SMILES string of the molecule is Cc1ccc2[nH]nc(C)c2c1NS(=O)(=O)c1cnn(-c2ccnc(C(F)(F)F)c2)c1. The average Bonchev–Trinajstić information content (AvgIpc) is 3.32. The monoisotopic (exact) mass is 436 g/mol. The molecule has 12 heteroatoms. The minimum absolute atomic E-state index is 0.0303. The number of nitrogens with one attached hydrogen (secondary N) is 2. The van der Waals surface area contributed by atoms with Gasteiger partial charge in [-0.15, -0.1) is 0 Å². The van der Waals surface area contributed by atoms with Crippen LogP contribution in [0.25, 0.3) is 16.6 Å². The molecule has 0 saturated heterocycles. The first-order valence-corrected chi connectivity index (χ1v) is 10.1. The van der Waals surface area contributed by atoms with Gasteiger partial charge in [-0.3, -0.25) is 14.8 Å². The van der Waals surface area contributed by atoms with E-state index < -0.39 is 21.9 Å². The highest BCUT2D eigenvalue weighted by Gasteiger charge is 2.32. The van der Waals surface area contributed by atoms with E-state index in [0.717, 1.165) is 29.3 Å². The van der Waals surface area contributed by atoms with Crippen LogP contribution in [0.5, 0.6) is 0 Å². The first-order chi connectivity index (χ1) is 14.1. The molecule has 0 aliphatic heterocycles. The van der Waals surface area contributed by atoms with Gasteiger partial charge in [-0.05, 0) is 37.6 Å². The number of fused-ring (bicyclic) bond motifs is 1. The zero-order valence-electron chi connectivity index (χ0n) is 15.7. The molecule has 0 saturated carbocycles. The summed E-state index contributed by atoms with van der Waals surface area (Å²) in [4.78, 5) is 3.08. The number of pyridine rings is 1. The highest BCUT2D eigenvalue weighted by molar-refractivity contribution is 7.92. The molecular formula is C18H15F3N6O2S. The second kappa shape index (κ2) is 6.83. The molecule has 156 valence electrons. The number of hydrogen-bond donors (Lipinski definition) is 2. The number of hydrogen-bond acceptors (Lipinski definition) is 5. The Morgan fingerprint density at radius 3 is 2.67 bits per heavy atom. The van der Waals surface area contributed by atoms with Crippen molar-refractivity contribution in [3.63, 3.8) is 0 Å². The standard InChI is InChI=1S/C18H15F3N6O2S/c1-10-3-4-14-16(11(2)24-25-14)17(10)26-30(28,29)13-8-23-27(9-13)12-5-6-22-15(7-12)18(19,20)21/h3-9,26H,1-2H3,(H,24,25). The van der Waals surface area contributed by atoms with Crippen LogP contribution >= 0.6 is 0 Å². The zero-order chi connectivity index (χ0) is 21.7. The molecule has 0 spiro atoms. The van der Waals surface area contributed by atoms with Gasteiger partial charge < -0.3 is 0 Å². The van der Waals surface area contributed by atoms with Crippen LogP contribution in [0.15, 0.2) is 47.8 Å². The predicted molar refractivity (Wildman–Crippen MR) is 103 cm³/mol. The number of halogens is 3. The molecule has 0 amide bonds. The van der Waals surface area contributed by atoms with Crippen LogP contribution in [0.4, 0.5) is 18.9 Å². The molecular weight excluding hydrogens is 421 g/mol. The maximum Gasteiger partial charge on any atom is 0.433 e. The van der Waals surface area contributed by atoms with Crippen molar-refractivity contribution in [2.45, 2.75) is 24.9 Å². The van der Waals surface area contributed by atoms with Crippen LogP contribution in [0, 0.1) is 13.8 Å². The molecule has 30 heavy (non-hydrogen) atoms. The maximum absolute atomic E-state index is 12.9. The van der Waals surface area contributed by atoms with Crippen LogP contribution < -0.4 is 4.72 Å². The Hall–Kier alpha value is -3.41. The van der Waals surface area contributed by atoms with E-state index in [-0.39, 0.29) is 10.6 Å². The summed E-state index contributed by atoms with van der Waals surface area (Å²) in [6.07, 6.45) is -1.44. The fraction of sp³-hybridized carbons (Fsp3) is 0.167. The summed E-state index contributed by atoms with van der Waals surface area (Å²) >= 11 is 0. The maximum atomic E-state index is 12.9. The first-order valence-electron chi connectivity index (χ1n) is 8.61. The molecule has 4 aromatic rings. The number of aryl methyl sites for hydroxylation is 2. The molecule has 2 N–H and O–H groups in total. The molecule has 0 unspecified atom stereocenters. The Morgan fingerprint density at radius 2 is 1.93 bits per heavy atom. The molecule has 0 bridgehead atoms. The summed E-state index contributed by atoms with van der Waals surface area (Å²) in [7, 11) is -4.06. The molecule has 0 aliphatic rings. The third-order valence-electron chi connectivity index (χ3n) is 4.52. The molecule has 1 aromatic carbocycles. The predicted octanol–water partition coefficient (Wildman–Crippen LogP) is 3.58. The molecule has 3 aromatic heterocycles. The minimum Gasteiger partial charge on any atom is -0.279 e. The van der Waals surface area contributed by atoms with Crippen molar-refractivity contribution in [3.8, 4) is 5.69 Å². The quantitative estimate of drug-likeness (QED) is 0.509. The molecule has 0 radical (unpaired) electrons. The minimum atomic E-state index is -4.63. The number of alkyl halides is 3. The van der Waals surface area contributed by atoms with Gasteiger partial charge in [0.2, 0.25) is 0 Å². The van der Waals surface area contributed by atoms with E-state index >= 15 is 0 Å². The van der Waals surface area contributed by atoms with Gasteiger partial charge in [-0.1, -0.05) is 6.07 Å². The Morgan fingerprint density at radius 1 is 1.17 bits per heavy atom. The van der Waals surface area contributed by atoms with Gasteiger partial charge in [0.05, 0.1) is 35.0 Å². The van der Waals surface area contributed by atoms with E-state index in [1.165, 1.54) is 6.07 Å². The van der Waals surface area contributed by atoms with Crippen LogP contribution in [-0.2, 0) is 16.2 Å². The van der Waals surface area contributed by atoms with E-state index in [1.807, 2.05) is 0 Å². The van der Waals surface area contributed by atoms with Crippen molar-refractivity contribution in [3.05, 3.63) is 59.8 Å². The summed E-state index contributed by atoms with van der Waals surface area (Å²) in [5.41, 5.74) is 1.28. The summed E-state index contributed by atoms with van der Waals surface area (Å²) in [6.45, 7) is 3.50. The third kappa shape index (κ3) is 3.49. The van der Waals surface area contributed by atoms with E-state index in [2.05, 4.69) is 25.0 Å². The lowest BCUT2D eigenvalue weighted by Gasteiger charge is -2.11. The Labute approximate surface area is 168 Å². The largest absolute Gasteiger partial charge is 0.433 e. The summed E-state index contributed by atoms with van der Waals surface area (Å²) < 4.78 is 68.1. The van der Waals surface area contributed by atoms with Gasteiger partial charge in [-0.25, -0.2) is 13.1 Å². The van der Waals surface area contributed by atoms with Gasteiger partial charge >= 0.3 is 6.18 Å². The van der Waals surface area contributed by atoms with Crippen molar-refractivity contribution < 1.29 is 21.6 Å². The van der Waals surface area contributed by atoms with Crippen LogP contribution in [-0.4, -0.2) is 33.4 Å². The number of aromatic nitrogens is 5. The van der Waals surface area contributed by atoms with E-state index in [4.69, 9.17) is 0 Å². The first kappa shape index (κ1) is 19.9. The highest BCUT2D eigenvalue weighted by Crippen LogP contribution is 2.31. The van der Waals surface area contributed by atoms with Crippen molar-refractivity contribution in [2.24, 2.45) is 0 Å². The highest BCUT2D eigenvalue weighted by atomic mass is 32.2. The van der Waals surface area contributed by atoms with Gasteiger partial charge in [0.25, 0.3) is 10.0 Å². The lowest BCUT2D eigenvalue weighted by Crippen LogP contribution is -2.13. The molecule has 0 fully saturated rings. The van der Waals surface area contributed by atoms with Gasteiger partial charge in [0.15, 0.2) is 0 Å². The molecule has 8 nitrogen and oxygen atoms in total. The summed E-state index contributed by atoms with van der Waals surface area (Å²) in [5.74, 6) is 0. The number of rotatable bonds is 4. The lowest BCUT2D eigenvalue weighted by molar-refractivity contribution is -0.141. The number of sulfonamides is 1. The molecule has 4 rings (SSSR count). The number of H-pyrrole nitrogens is 1. The summed E-state index contributed by atoms with van der Waals surface area (Å²) in [5, 5.41) is 11.5. The Balaban J connectivity index is 1.71. The van der Waals surface area contributed by atoms with Crippen LogP contribution in [0.1, 0.15) is 17.0 Å². The van der Waals surface area contributed by atoms with Crippen molar-refractivity contribution in [2.75, 3.05) is 4.72 Å². The number of anilines is 1. The topological polar surface area (TPSA) is 106 Å². The van der Waals surface area contributed by atoms with Crippen LogP contribution in [0.2, 0.25) is 0 Å². The van der Waals surface area contributed by atoms with Crippen molar-refractivity contribution in [1.29, 1.82) is 0 Å². The van der Waals surface area contributed by atoms with E-state index in [0.29, 0.717) is 27.8 Å². The van der Waals surface area contributed by atoms with E-state index in [9.17, 15) is 21.6 Å². The fourth-order valence-corrected chi connectivity index (χ4v) is 4.08. The van der Waals surface area contributed by atoms with Crippen molar-refractivity contribution in [1.82, 2.24) is 25.0 Å². The average molecular weight is 436 g/mol. The van der Waals surface area contributed by atoms with Gasteiger partial charge in [-0.2, -0.15) is 23.4 Å². The smallest absolute Gasteiger partial charge is 0.279 e. The number of aromatic amines is 1. The lowest BCUT2D eigenvalue weighted by atomic mass is 10.1. The van der Waals surface area contributed by atoms with Crippen molar-refractivity contribution >= 4 is 26.6 Å². The Bertz CT molecular complexity index is 1360. The summed E-state index contributed by atoms with van der Waals surface area (Å²) in [6, 6.07) is 5.63. The van der Waals surface area contributed by atoms with Gasteiger partial charge in [0.1, 0.15) is 10.6 Å². The van der Waals surface area contributed by atoms with E-state index in [1.54, 1.807) is 26.0 Å². The second-order valence-corrected chi connectivity index (χ2v) is 8.29.